The number of fused-ring (bicyclic) bond motifs is 13. The third-order valence-electron chi connectivity index (χ3n) is 9.21. The lowest BCUT2D eigenvalue weighted by Gasteiger charge is -2.07. The van der Waals surface area contributed by atoms with Crippen LogP contribution in [0.5, 0.6) is 0 Å². The molecule has 8 aromatic heterocycles. The van der Waals surface area contributed by atoms with Crippen LogP contribution in [0.4, 0.5) is 0 Å². The van der Waals surface area contributed by atoms with Crippen LogP contribution in [0, 0.1) is 0 Å². The highest BCUT2D eigenvalue weighted by molar-refractivity contribution is 6.19. The molecule has 8 heterocycles. The summed E-state index contributed by atoms with van der Waals surface area (Å²) >= 11 is 0. The average molecular weight is 593 g/mol. The molecule has 0 unspecified atom stereocenters. The van der Waals surface area contributed by atoms with Gasteiger partial charge in [0.1, 0.15) is 22.5 Å². The normalized spacial score (nSPS) is 12.3. The van der Waals surface area contributed by atoms with E-state index in [-0.39, 0.29) is 0 Å². The summed E-state index contributed by atoms with van der Waals surface area (Å²) in [7, 11) is 0. The molecule has 46 heavy (non-hydrogen) atoms. The monoisotopic (exact) mass is 592 g/mol. The summed E-state index contributed by atoms with van der Waals surface area (Å²) in [6, 6.07) is 29.0. The Morgan fingerprint density at radius 3 is 1.43 bits per heavy atom. The second kappa shape index (κ2) is 8.55. The summed E-state index contributed by atoms with van der Waals surface area (Å²) in [5.41, 5.74) is 8.97. The average Bonchev–Trinajstić information content (AvgIpc) is 3.85. The van der Waals surface area contributed by atoms with Crippen LogP contribution in [0.3, 0.4) is 0 Å². The predicted molar refractivity (Wildman–Crippen MR) is 181 cm³/mol. The lowest BCUT2D eigenvalue weighted by atomic mass is 10.1. The zero-order chi connectivity index (χ0) is 29.9. The van der Waals surface area contributed by atoms with Gasteiger partial charge in [-0.15, -0.1) is 0 Å². The van der Waals surface area contributed by atoms with Crippen LogP contribution in [-0.4, -0.2) is 29.1 Å². The van der Waals surface area contributed by atoms with Gasteiger partial charge in [-0.25, -0.2) is 9.97 Å². The maximum atomic E-state index is 6.51. The fourth-order valence-corrected chi connectivity index (χ4v) is 7.22. The van der Waals surface area contributed by atoms with Crippen LogP contribution < -0.4 is 0 Å². The molecule has 11 aromatic rings. The van der Waals surface area contributed by atoms with Crippen molar-refractivity contribution in [2.45, 2.75) is 0 Å². The molecule has 0 bridgehead atoms. The van der Waals surface area contributed by atoms with Crippen LogP contribution in [-0.2, 0) is 0 Å². The molecule has 3 aromatic carbocycles. The van der Waals surface area contributed by atoms with E-state index in [1.807, 2.05) is 73.6 Å². The molecule has 0 saturated heterocycles. The number of pyridine rings is 4. The third kappa shape index (κ3) is 3.02. The van der Waals surface area contributed by atoms with Crippen LogP contribution in [0.15, 0.2) is 131 Å². The van der Waals surface area contributed by atoms with E-state index in [2.05, 4.69) is 67.6 Å². The topological polar surface area (TPSA) is 87.7 Å². The molecule has 0 fully saturated rings. The molecular weight excluding hydrogens is 572 g/mol. The van der Waals surface area contributed by atoms with Gasteiger partial charge in [0.05, 0.1) is 11.0 Å². The molecular formula is C38H20N6O2. The minimum absolute atomic E-state index is 0.733. The zero-order valence-corrected chi connectivity index (χ0v) is 24.0. The smallest absolute Gasteiger partial charge is 0.178 e. The minimum atomic E-state index is 0.733. The number of hydrogen-bond acceptors (Lipinski definition) is 6. The van der Waals surface area contributed by atoms with E-state index < -0.39 is 0 Å². The van der Waals surface area contributed by atoms with Crippen molar-refractivity contribution in [2.75, 3.05) is 0 Å². The van der Waals surface area contributed by atoms with Crippen molar-refractivity contribution in [3.05, 3.63) is 122 Å². The molecule has 0 N–H and O–H groups in total. The highest BCUT2D eigenvalue weighted by atomic mass is 16.4. The standard InChI is InChI=1S/C38H20N6O2/c1-3-25-29-19-39-15-11-31(29)43(37(25)41-13-1)21-5-9-33-27(17-21)23-7-8-24-28-18-22(6-10-34(28)46-36(24)35(23)45-33)44-32-12-16-40-20-30(32)26-4-2-14-42-38(26)44/h1-20H. The Kier molecular flexibility index (Phi) is 4.43. The van der Waals surface area contributed by atoms with E-state index in [0.29, 0.717) is 0 Å². The van der Waals surface area contributed by atoms with Gasteiger partial charge >= 0.3 is 0 Å². The molecule has 0 saturated carbocycles. The van der Waals surface area contributed by atoms with Crippen LogP contribution >= 0.6 is 0 Å². The van der Waals surface area contributed by atoms with Gasteiger partial charge in [0, 0.05) is 91.6 Å². The fourth-order valence-electron chi connectivity index (χ4n) is 7.22. The Morgan fingerprint density at radius 2 is 0.935 bits per heavy atom. The highest BCUT2D eigenvalue weighted by Crippen LogP contribution is 2.41. The first-order valence-corrected chi connectivity index (χ1v) is 15.0. The van der Waals surface area contributed by atoms with Gasteiger partial charge in [-0.3, -0.25) is 19.1 Å². The Labute approximate surface area is 258 Å². The maximum Gasteiger partial charge on any atom is 0.178 e. The minimum Gasteiger partial charge on any atom is -0.452 e. The molecule has 8 heteroatoms. The third-order valence-corrected chi connectivity index (χ3v) is 9.21. The number of rotatable bonds is 2. The van der Waals surface area contributed by atoms with E-state index in [1.54, 1.807) is 0 Å². The fraction of sp³-hybridized carbons (Fsp3) is 0. The molecule has 0 spiro atoms. The number of hydrogen-bond donors (Lipinski definition) is 0. The molecule has 0 atom stereocenters. The van der Waals surface area contributed by atoms with E-state index in [1.165, 1.54) is 0 Å². The number of nitrogens with zero attached hydrogens (tertiary/aromatic N) is 6. The van der Waals surface area contributed by atoms with Gasteiger partial charge in [-0.2, -0.15) is 0 Å². The molecule has 11 rings (SSSR count). The highest BCUT2D eigenvalue weighted by Gasteiger charge is 2.20. The van der Waals surface area contributed by atoms with Gasteiger partial charge in [0.25, 0.3) is 0 Å². The van der Waals surface area contributed by atoms with E-state index in [0.717, 1.165) is 99.1 Å². The second-order valence-corrected chi connectivity index (χ2v) is 11.6. The van der Waals surface area contributed by atoms with Crippen molar-refractivity contribution < 1.29 is 8.83 Å². The summed E-state index contributed by atoms with van der Waals surface area (Å²) in [6.45, 7) is 0. The Morgan fingerprint density at radius 1 is 0.435 bits per heavy atom. The number of benzene rings is 3. The summed E-state index contributed by atoms with van der Waals surface area (Å²) in [4.78, 5) is 18.2. The Balaban J connectivity index is 1.13. The summed E-state index contributed by atoms with van der Waals surface area (Å²) in [5, 5.41) is 8.30. The molecule has 0 aliphatic rings. The maximum absolute atomic E-state index is 6.51. The quantitative estimate of drug-likeness (QED) is 0.199. The largest absolute Gasteiger partial charge is 0.452 e. The van der Waals surface area contributed by atoms with Gasteiger partial charge in [0.2, 0.25) is 0 Å². The lowest BCUT2D eigenvalue weighted by Crippen LogP contribution is -1.95. The van der Waals surface area contributed by atoms with Crippen LogP contribution in [0.1, 0.15) is 0 Å². The Bertz CT molecular complexity index is 2740. The second-order valence-electron chi connectivity index (χ2n) is 11.6. The summed E-state index contributed by atoms with van der Waals surface area (Å²) in [5.74, 6) is 0. The van der Waals surface area contributed by atoms with Crippen molar-refractivity contribution in [3.63, 3.8) is 0 Å². The van der Waals surface area contributed by atoms with Gasteiger partial charge in [-0.1, -0.05) is 0 Å². The SMILES string of the molecule is c1cnc2c(c1)c1cnccc1n2-c1ccc2oc3c(ccc4c5cc(-n6c7ccncc7c7cccnc76)ccc5oc43)c2c1. The van der Waals surface area contributed by atoms with Crippen molar-refractivity contribution in [2.24, 2.45) is 0 Å². The molecule has 214 valence electrons. The van der Waals surface area contributed by atoms with Gasteiger partial charge in [0.15, 0.2) is 11.2 Å². The van der Waals surface area contributed by atoms with Crippen molar-refractivity contribution in [3.8, 4) is 11.4 Å². The lowest BCUT2D eigenvalue weighted by molar-refractivity contribution is 0.633. The molecule has 0 aliphatic carbocycles. The summed E-state index contributed by atoms with van der Waals surface area (Å²) < 4.78 is 17.4. The molecule has 8 nitrogen and oxygen atoms in total. The Hall–Kier alpha value is -6.54. The van der Waals surface area contributed by atoms with E-state index >= 15 is 0 Å². The van der Waals surface area contributed by atoms with Crippen molar-refractivity contribution in [1.82, 2.24) is 29.1 Å². The van der Waals surface area contributed by atoms with E-state index in [9.17, 15) is 0 Å². The van der Waals surface area contributed by atoms with Gasteiger partial charge < -0.3 is 8.83 Å². The molecule has 0 aliphatic heterocycles. The summed E-state index contributed by atoms with van der Waals surface area (Å²) in [6.07, 6.45) is 11.1. The zero-order valence-electron chi connectivity index (χ0n) is 24.0. The predicted octanol–water partition coefficient (Wildman–Crippen LogP) is 9.26. The van der Waals surface area contributed by atoms with Crippen LogP contribution in [0.25, 0.3) is 99.1 Å². The van der Waals surface area contributed by atoms with Crippen molar-refractivity contribution in [1.29, 1.82) is 0 Å². The van der Waals surface area contributed by atoms with Crippen LogP contribution in [0.2, 0.25) is 0 Å². The van der Waals surface area contributed by atoms with Gasteiger partial charge in [-0.05, 0) is 84.9 Å². The first-order valence-electron chi connectivity index (χ1n) is 15.0. The molecule has 0 amide bonds. The first kappa shape index (κ1) is 23.9. The first-order chi connectivity index (χ1) is 22.8. The van der Waals surface area contributed by atoms with Crippen molar-refractivity contribution >= 4 is 87.7 Å². The number of furan rings is 2. The van der Waals surface area contributed by atoms with E-state index in [4.69, 9.17) is 18.8 Å². The number of aromatic nitrogens is 6. The molecule has 0 radical (unpaired) electrons.